The van der Waals surface area contributed by atoms with Crippen LogP contribution in [0.4, 0.5) is 11.4 Å². The van der Waals surface area contributed by atoms with Crippen molar-refractivity contribution in [2.75, 3.05) is 10.6 Å². The summed E-state index contributed by atoms with van der Waals surface area (Å²) in [6, 6.07) is 23.1. The summed E-state index contributed by atoms with van der Waals surface area (Å²) in [5, 5.41) is 8.54. The fourth-order valence-electron chi connectivity index (χ4n) is 3.22. The van der Waals surface area contributed by atoms with Crippen molar-refractivity contribution < 1.29 is 14.4 Å². The van der Waals surface area contributed by atoms with Crippen molar-refractivity contribution in [2.45, 2.75) is 26.3 Å². The number of amides is 3. The SMILES string of the molecule is CC(=O)Nc1ccc(C)cc1NC(=O)CC(NC(=O)c1ccccc1)c1ccccc1. The Balaban J connectivity index is 1.78. The molecule has 0 aliphatic heterocycles. The minimum Gasteiger partial charge on any atom is -0.345 e. The molecule has 6 nitrogen and oxygen atoms in total. The number of hydrogen-bond donors (Lipinski definition) is 3. The van der Waals surface area contributed by atoms with Crippen LogP contribution in [0.5, 0.6) is 0 Å². The summed E-state index contributed by atoms with van der Waals surface area (Å²) in [5.41, 5.74) is 3.34. The Morgan fingerprint density at radius 1 is 0.806 bits per heavy atom. The lowest BCUT2D eigenvalue weighted by atomic mass is 10.0. The number of rotatable bonds is 7. The maximum atomic E-state index is 12.9. The van der Waals surface area contributed by atoms with Crippen LogP contribution in [0, 0.1) is 6.92 Å². The van der Waals surface area contributed by atoms with Gasteiger partial charge in [-0.05, 0) is 42.3 Å². The zero-order chi connectivity index (χ0) is 22.2. The molecule has 0 radical (unpaired) electrons. The molecule has 0 aliphatic carbocycles. The Morgan fingerprint density at radius 3 is 2.10 bits per heavy atom. The molecule has 0 saturated heterocycles. The highest BCUT2D eigenvalue weighted by Gasteiger charge is 2.20. The van der Waals surface area contributed by atoms with Gasteiger partial charge in [0.1, 0.15) is 0 Å². The van der Waals surface area contributed by atoms with Crippen LogP contribution in [0.25, 0.3) is 0 Å². The summed E-state index contributed by atoms with van der Waals surface area (Å²) in [7, 11) is 0. The lowest BCUT2D eigenvalue weighted by Gasteiger charge is -2.20. The van der Waals surface area contributed by atoms with Crippen molar-refractivity contribution in [3.05, 3.63) is 95.6 Å². The lowest BCUT2D eigenvalue weighted by Crippen LogP contribution is -2.31. The number of anilines is 2. The van der Waals surface area contributed by atoms with E-state index in [2.05, 4.69) is 16.0 Å². The topological polar surface area (TPSA) is 87.3 Å². The van der Waals surface area contributed by atoms with Crippen LogP contribution < -0.4 is 16.0 Å². The second kappa shape index (κ2) is 10.2. The van der Waals surface area contributed by atoms with Crippen molar-refractivity contribution in [1.82, 2.24) is 5.32 Å². The predicted molar refractivity (Wildman–Crippen MR) is 122 cm³/mol. The van der Waals surface area contributed by atoms with E-state index >= 15 is 0 Å². The molecule has 6 heteroatoms. The number of aryl methyl sites for hydroxylation is 1. The van der Waals surface area contributed by atoms with Crippen molar-refractivity contribution >= 4 is 29.1 Å². The van der Waals surface area contributed by atoms with E-state index in [-0.39, 0.29) is 24.1 Å². The molecule has 0 fully saturated rings. The number of nitrogens with one attached hydrogen (secondary N) is 3. The standard InChI is InChI=1S/C25H25N3O3/c1-17-13-14-21(26-18(2)29)23(15-17)27-24(30)16-22(19-9-5-3-6-10-19)28-25(31)20-11-7-4-8-12-20/h3-15,22H,16H2,1-2H3,(H,26,29)(H,27,30)(H,28,31). The largest absolute Gasteiger partial charge is 0.345 e. The van der Waals surface area contributed by atoms with Crippen LogP contribution in [0.15, 0.2) is 78.9 Å². The molecule has 0 aromatic heterocycles. The molecule has 0 spiro atoms. The molecule has 3 N–H and O–H groups in total. The molecule has 158 valence electrons. The van der Waals surface area contributed by atoms with Crippen LogP contribution in [0.3, 0.4) is 0 Å². The highest BCUT2D eigenvalue weighted by Crippen LogP contribution is 2.25. The van der Waals surface area contributed by atoms with Gasteiger partial charge in [0.25, 0.3) is 5.91 Å². The third kappa shape index (κ3) is 6.27. The monoisotopic (exact) mass is 415 g/mol. The summed E-state index contributed by atoms with van der Waals surface area (Å²) in [5.74, 6) is -0.757. The van der Waals surface area contributed by atoms with Gasteiger partial charge in [-0.2, -0.15) is 0 Å². The molecular formula is C25H25N3O3. The third-order valence-electron chi connectivity index (χ3n) is 4.69. The average molecular weight is 415 g/mol. The van der Waals surface area contributed by atoms with E-state index in [1.54, 1.807) is 36.4 Å². The van der Waals surface area contributed by atoms with Crippen LogP contribution in [-0.4, -0.2) is 17.7 Å². The van der Waals surface area contributed by atoms with Crippen LogP contribution in [0.2, 0.25) is 0 Å². The van der Waals surface area contributed by atoms with Gasteiger partial charge in [-0.3, -0.25) is 14.4 Å². The van der Waals surface area contributed by atoms with Gasteiger partial charge in [-0.25, -0.2) is 0 Å². The Labute approximate surface area is 181 Å². The van der Waals surface area contributed by atoms with Gasteiger partial charge in [-0.15, -0.1) is 0 Å². The summed E-state index contributed by atoms with van der Waals surface area (Å²) in [6.07, 6.45) is 0.0377. The van der Waals surface area contributed by atoms with Crippen molar-refractivity contribution in [3.63, 3.8) is 0 Å². The molecule has 0 heterocycles. The summed E-state index contributed by atoms with van der Waals surface area (Å²) in [4.78, 5) is 37.1. The quantitative estimate of drug-likeness (QED) is 0.533. The Kier molecular flexibility index (Phi) is 7.17. The van der Waals surface area contributed by atoms with Crippen molar-refractivity contribution in [2.24, 2.45) is 0 Å². The van der Waals surface area contributed by atoms with Crippen molar-refractivity contribution in [3.8, 4) is 0 Å². The van der Waals surface area contributed by atoms with Crippen molar-refractivity contribution in [1.29, 1.82) is 0 Å². The first-order chi connectivity index (χ1) is 14.9. The van der Waals surface area contributed by atoms with E-state index in [9.17, 15) is 14.4 Å². The van der Waals surface area contributed by atoms with E-state index in [1.807, 2.05) is 49.4 Å². The smallest absolute Gasteiger partial charge is 0.251 e. The zero-order valence-electron chi connectivity index (χ0n) is 17.5. The van der Waals surface area contributed by atoms with Crippen LogP contribution in [-0.2, 0) is 9.59 Å². The molecule has 0 aliphatic rings. The Morgan fingerprint density at radius 2 is 1.45 bits per heavy atom. The second-order valence-electron chi connectivity index (χ2n) is 7.29. The highest BCUT2D eigenvalue weighted by atomic mass is 16.2. The lowest BCUT2D eigenvalue weighted by molar-refractivity contribution is -0.117. The molecule has 1 atom stereocenters. The average Bonchev–Trinajstić information content (AvgIpc) is 2.76. The van der Waals surface area contributed by atoms with Gasteiger partial charge in [0.05, 0.1) is 23.8 Å². The first-order valence-corrected chi connectivity index (χ1v) is 10.0. The number of carbonyl (C=O) groups is 3. The third-order valence-corrected chi connectivity index (χ3v) is 4.69. The first-order valence-electron chi connectivity index (χ1n) is 10.0. The van der Waals surface area contributed by atoms with Crippen LogP contribution >= 0.6 is 0 Å². The maximum absolute atomic E-state index is 12.9. The van der Waals surface area contributed by atoms with E-state index in [4.69, 9.17) is 0 Å². The highest BCUT2D eigenvalue weighted by molar-refractivity contribution is 6.00. The predicted octanol–water partition coefficient (Wildman–Crippen LogP) is 4.45. The summed E-state index contributed by atoms with van der Waals surface area (Å²) < 4.78 is 0. The van der Waals surface area contributed by atoms with E-state index < -0.39 is 6.04 Å². The summed E-state index contributed by atoms with van der Waals surface area (Å²) in [6.45, 7) is 3.32. The zero-order valence-corrected chi connectivity index (χ0v) is 17.5. The molecule has 3 rings (SSSR count). The van der Waals surface area contributed by atoms with E-state index in [0.29, 0.717) is 16.9 Å². The number of carbonyl (C=O) groups excluding carboxylic acids is 3. The fourth-order valence-corrected chi connectivity index (χ4v) is 3.22. The molecule has 3 amide bonds. The fraction of sp³-hybridized carbons (Fsp3) is 0.160. The van der Waals surface area contributed by atoms with Gasteiger partial charge in [0.2, 0.25) is 11.8 Å². The second-order valence-corrected chi connectivity index (χ2v) is 7.29. The van der Waals surface area contributed by atoms with Gasteiger partial charge in [0, 0.05) is 12.5 Å². The maximum Gasteiger partial charge on any atom is 0.251 e. The van der Waals surface area contributed by atoms with E-state index in [0.717, 1.165) is 11.1 Å². The number of benzene rings is 3. The molecule has 3 aromatic rings. The minimum absolute atomic E-state index is 0.0377. The number of hydrogen-bond acceptors (Lipinski definition) is 3. The van der Waals surface area contributed by atoms with Gasteiger partial charge < -0.3 is 16.0 Å². The molecule has 1 unspecified atom stereocenters. The van der Waals surface area contributed by atoms with E-state index in [1.165, 1.54) is 6.92 Å². The Hall–Kier alpha value is -3.93. The summed E-state index contributed by atoms with van der Waals surface area (Å²) >= 11 is 0. The molecular weight excluding hydrogens is 390 g/mol. The normalized spacial score (nSPS) is 11.3. The molecule has 0 saturated carbocycles. The first kappa shape index (κ1) is 21.8. The molecule has 0 bridgehead atoms. The molecule has 3 aromatic carbocycles. The molecule has 31 heavy (non-hydrogen) atoms. The minimum atomic E-state index is -0.511. The Bertz CT molecular complexity index is 1070. The van der Waals surface area contributed by atoms with Gasteiger partial charge >= 0.3 is 0 Å². The van der Waals surface area contributed by atoms with Gasteiger partial charge in [-0.1, -0.05) is 54.6 Å². The van der Waals surface area contributed by atoms with Crippen LogP contribution in [0.1, 0.15) is 40.9 Å². The van der Waals surface area contributed by atoms with Gasteiger partial charge in [0.15, 0.2) is 0 Å².